The van der Waals surface area contributed by atoms with Gasteiger partial charge in [0.15, 0.2) is 0 Å². The highest BCUT2D eigenvalue weighted by Gasteiger charge is 2.40. The Balaban J connectivity index is 0.839. The summed E-state index contributed by atoms with van der Waals surface area (Å²) in [6, 6.07) is 103. The molecule has 1 aliphatic carbocycles. The zero-order chi connectivity index (χ0) is 52.3. The molecule has 15 aromatic rings. The van der Waals surface area contributed by atoms with Crippen LogP contribution in [0.4, 0.5) is 34.1 Å². The maximum absolute atomic E-state index is 2.45. The molecule has 2 aromatic heterocycles. The van der Waals surface area contributed by atoms with Gasteiger partial charge in [0.2, 0.25) is 0 Å². The summed E-state index contributed by atoms with van der Waals surface area (Å²) in [5.74, 6) is 0. The van der Waals surface area contributed by atoms with E-state index in [2.05, 4.69) is 312 Å². The van der Waals surface area contributed by atoms with Gasteiger partial charge < -0.3 is 18.9 Å². The van der Waals surface area contributed by atoms with Crippen LogP contribution in [0, 0.1) is 0 Å². The molecule has 0 N–H and O–H groups in total. The molecule has 0 fully saturated rings. The third kappa shape index (κ3) is 6.81. The second-order valence-electron chi connectivity index (χ2n) is 21.7. The van der Waals surface area contributed by atoms with E-state index < -0.39 is 0 Å². The fourth-order valence-corrected chi connectivity index (χ4v) is 13.7. The van der Waals surface area contributed by atoms with Crippen molar-refractivity contribution in [1.82, 2.24) is 9.13 Å². The molecule has 0 saturated heterocycles. The van der Waals surface area contributed by atoms with Gasteiger partial charge in [-0.05, 0) is 176 Å². The second kappa shape index (κ2) is 17.4. The van der Waals surface area contributed by atoms with E-state index in [4.69, 9.17) is 0 Å². The molecule has 4 heteroatoms. The van der Waals surface area contributed by atoms with Gasteiger partial charge in [-0.3, -0.25) is 0 Å². The summed E-state index contributed by atoms with van der Waals surface area (Å²) in [5.41, 5.74) is 18.9. The number of benzene rings is 13. The number of hydrogen-bond donors (Lipinski definition) is 0. The van der Waals surface area contributed by atoms with Gasteiger partial charge in [-0.1, -0.05) is 172 Å². The van der Waals surface area contributed by atoms with Gasteiger partial charge in [0.25, 0.3) is 0 Å². The average Bonchev–Trinajstić information content (AvgIpc) is 4.32. The lowest BCUT2D eigenvalue weighted by molar-refractivity contribution is 0.672. The van der Waals surface area contributed by atoms with Crippen LogP contribution in [-0.4, -0.2) is 9.13 Å². The van der Waals surface area contributed by atoms with Crippen LogP contribution in [-0.2, 0) is 5.41 Å². The molecule has 0 radical (unpaired) electrons. The van der Waals surface area contributed by atoms with Crippen molar-refractivity contribution in [2.45, 2.75) is 19.3 Å². The van der Waals surface area contributed by atoms with E-state index in [1.54, 1.807) is 0 Å². The van der Waals surface area contributed by atoms with Crippen LogP contribution < -0.4 is 9.80 Å². The van der Waals surface area contributed by atoms with Crippen molar-refractivity contribution in [1.29, 1.82) is 0 Å². The van der Waals surface area contributed by atoms with E-state index in [0.717, 1.165) is 45.5 Å². The minimum Gasteiger partial charge on any atom is -0.310 e. The summed E-state index contributed by atoms with van der Waals surface area (Å²) >= 11 is 0. The van der Waals surface area contributed by atoms with E-state index in [1.807, 2.05) is 0 Å². The molecule has 0 atom stereocenters. The third-order valence-corrected chi connectivity index (χ3v) is 16.9. The van der Waals surface area contributed by atoms with Crippen molar-refractivity contribution in [2.24, 2.45) is 0 Å². The fraction of sp³-hybridized carbons (Fsp3) is 0.0400. The van der Waals surface area contributed by atoms with Gasteiger partial charge in [0.1, 0.15) is 0 Å². The fourth-order valence-electron chi connectivity index (χ4n) is 13.7. The van der Waals surface area contributed by atoms with Crippen LogP contribution >= 0.6 is 0 Å². The number of para-hydroxylation sites is 6. The van der Waals surface area contributed by atoms with E-state index in [9.17, 15) is 0 Å². The van der Waals surface area contributed by atoms with Gasteiger partial charge in [0, 0.05) is 72.5 Å². The molecule has 2 heterocycles. The maximum atomic E-state index is 2.45. The van der Waals surface area contributed by atoms with Gasteiger partial charge in [-0.2, -0.15) is 0 Å². The van der Waals surface area contributed by atoms with Crippen molar-refractivity contribution < 1.29 is 0 Å². The second-order valence-corrected chi connectivity index (χ2v) is 21.7. The smallest absolute Gasteiger partial charge is 0.0542 e. The first-order valence-electron chi connectivity index (χ1n) is 27.4. The molecule has 372 valence electrons. The summed E-state index contributed by atoms with van der Waals surface area (Å²) in [6.07, 6.45) is 0. The first kappa shape index (κ1) is 45.1. The number of rotatable bonds is 8. The molecule has 0 spiro atoms. The molecule has 0 aliphatic heterocycles. The molecule has 0 saturated carbocycles. The number of aromatic nitrogens is 2. The van der Waals surface area contributed by atoms with E-state index >= 15 is 0 Å². The van der Waals surface area contributed by atoms with Crippen LogP contribution in [0.25, 0.3) is 98.4 Å². The molecule has 4 nitrogen and oxygen atoms in total. The molecule has 0 unspecified atom stereocenters. The summed E-state index contributed by atoms with van der Waals surface area (Å²) in [4.78, 5) is 4.85. The standard InChI is InChI=1S/C75H52N4/c1-75(2)73-58-41-36-54(76(50-21-7-3-8-22-50)56-38-43-70-66(47-56)60-30-17-19-33-68(60)78(70)52-25-11-5-12-26-52)45-49(58)35-40-64(73)72-62-32-16-15-29-59(62)65-46-55(37-42-63(65)74(72)75)77(51-23-9-4-10-24-51)57-39-44-71-67(48-57)61-31-18-20-34-69(61)79(71)53-27-13-6-14-28-53/h3-48H,1-2H3. The van der Waals surface area contributed by atoms with Crippen molar-refractivity contribution in [3.8, 4) is 22.5 Å². The third-order valence-electron chi connectivity index (χ3n) is 16.9. The lowest BCUT2D eigenvalue weighted by Gasteiger charge is -2.28. The average molecular weight is 1010 g/mol. The Bertz CT molecular complexity index is 4920. The largest absolute Gasteiger partial charge is 0.310 e. The summed E-state index contributed by atoms with van der Waals surface area (Å²) < 4.78 is 4.77. The van der Waals surface area contributed by atoms with Crippen LogP contribution in [0.2, 0.25) is 0 Å². The summed E-state index contributed by atoms with van der Waals surface area (Å²) in [7, 11) is 0. The van der Waals surface area contributed by atoms with Crippen molar-refractivity contribution in [3.63, 3.8) is 0 Å². The summed E-state index contributed by atoms with van der Waals surface area (Å²) in [6.45, 7) is 4.89. The zero-order valence-corrected chi connectivity index (χ0v) is 43.8. The van der Waals surface area contributed by atoms with Crippen LogP contribution in [0.15, 0.2) is 279 Å². The Morgan fingerprint density at radius 2 is 0.671 bits per heavy atom. The molecule has 0 amide bonds. The van der Waals surface area contributed by atoms with Crippen molar-refractivity contribution >= 4 is 110 Å². The van der Waals surface area contributed by atoms with Gasteiger partial charge in [0.05, 0.1) is 22.1 Å². The number of anilines is 6. The highest BCUT2D eigenvalue weighted by atomic mass is 15.1. The number of hydrogen-bond acceptors (Lipinski definition) is 2. The topological polar surface area (TPSA) is 16.3 Å². The highest BCUT2D eigenvalue weighted by Crippen LogP contribution is 2.57. The zero-order valence-electron chi connectivity index (χ0n) is 43.8. The normalized spacial score (nSPS) is 12.8. The Morgan fingerprint density at radius 3 is 1.20 bits per heavy atom. The monoisotopic (exact) mass is 1010 g/mol. The van der Waals surface area contributed by atoms with Gasteiger partial charge in [-0.15, -0.1) is 0 Å². The summed E-state index contributed by atoms with van der Waals surface area (Å²) in [5, 5.41) is 12.5. The molecule has 79 heavy (non-hydrogen) atoms. The molecule has 1 aliphatic rings. The lowest BCUT2D eigenvalue weighted by Crippen LogP contribution is -2.16. The van der Waals surface area contributed by atoms with Crippen molar-refractivity contribution in [2.75, 3.05) is 9.80 Å². The SMILES string of the molecule is CC1(C)c2c(ccc3cc(N(c4ccccc4)c4ccc5c(c4)c4ccccc4n5-c4ccccc4)ccc23)-c2c1c1ccc(N(c3ccccc3)c3ccc4c(c3)c3ccccc3n4-c3ccccc3)cc1c1ccccc21. The minimum absolute atomic E-state index is 0.316. The minimum atomic E-state index is -0.316. The quantitative estimate of drug-likeness (QED) is 0.141. The van der Waals surface area contributed by atoms with E-state index in [-0.39, 0.29) is 5.41 Å². The number of nitrogens with zero attached hydrogens (tertiary/aromatic N) is 4. The van der Waals surface area contributed by atoms with Crippen LogP contribution in [0.5, 0.6) is 0 Å². The predicted octanol–water partition coefficient (Wildman–Crippen LogP) is 20.6. The molecule has 13 aromatic carbocycles. The highest BCUT2D eigenvalue weighted by molar-refractivity contribution is 6.21. The predicted molar refractivity (Wildman–Crippen MR) is 335 cm³/mol. The van der Waals surface area contributed by atoms with E-state index in [1.165, 1.54) is 98.2 Å². The van der Waals surface area contributed by atoms with Gasteiger partial charge in [-0.25, -0.2) is 0 Å². The van der Waals surface area contributed by atoms with Crippen LogP contribution in [0.1, 0.15) is 25.0 Å². The Labute approximate surface area is 458 Å². The lowest BCUT2D eigenvalue weighted by atomic mass is 9.77. The molecule has 16 rings (SSSR count). The van der Waals surface area contributed by atoms with Gasteiger partial charge >= 0.3 is 0 Å². The number of fused-ring (bicyclic) bond motifs is 16. The first-order valence-corrected chi connectivity index (χ1v) is 27.4. The molecular weight excluding hydrogens is 957 g/mol. The van der Waals surface area contributed by atoms with E-state index in [0.29, 0.717) is 0 Å². The molecular formula is C75H52N4. The Morgan fingerprint density at radius 1 is 0.266 bits per heavy atom. The maximum Gasteiger partial charge on any atom is 0.0542 e. The van der Waals surface area contributed by atoms with Crippen molar-refractivity contribution in [3.05, 3.63) is 290 Å². The Kier molecular flexibility index (Phi) is 9.95. The first-order chi connectivity index (χ1) is 39.0. The Hall–Kier alpha value is -10.2. The van der Waals surface area contributed by atoms with Crippen LogP contribution in [0.3, 0.4) is 0 Å². The molecule has 0 bridgehead atoms.